The minimum absolute atomic E-state index is 0.0230. The lowest BCUT2D eigenvalue weighted by molar-refractivity contribution is -0.150. The summed E-state index contributed by atoms with van der Waals surface area (Å²) in [6.07, 6.45) is -1.11. The number of aryl methyl sites for hydroxylation is 1. The lowest BCUT2D eigenvalue weighted by Crippen LogP contribution is -2.32. The van der Waals surface area contributed by atoms with E-state index >= 15 is 0 Å². The highest BCUT2D eigenvalue weighted by atomic mass is 16.6. The zero-order valence-corrected chi connectivity index (χ0v) is 18.0. The van der Waals surface area contributed by atoms with Crippen LogP contribution in [0.15, 0.2) is 60.0 Å². The van der Waals surface area contributed by atoms with Crippen molar-refractivity contribution in [3.8, 4) is 0 Å². The molecule has 1 heterocycles. The highest BCUT2D eigenvalue weighted by Crippen LogP contribution is 2.28. The molecule has 162 valence electrons. The van der Waals surface area contributed by atoms with Gasteiger partial charge in [-0.05, 0) is 43.0 Å². The van der Waals surface area contributed by atoms with Crippen LogP contribution in [0.1, 0.15) is 37.8 Å². The molecule has 1 aliphatic heterocycles. The summed E-state index contributed by atoms with van der Waals surface area (Å²) in [4.78, 5) is 37.6. The van der Waals surface area contributed by atoms with Gasteiger partial charge in [0, 0.05) is 11.4 Å². The minimum Gasteiger partial charge on any atom is -0.470 e. The Morgan fingerprint density at radius 2 is 1.74 bits per heavy atom. The molecule has 0 spiro atoms. The average Bonchev–Trinajstić information content (AvgIpc) is 3.09. The topological polar surface area (TPSA) is 93.7 Å². The largest absolute Gasteiger partial charge is 0.470 e. The number of hydrogen-bond acceptors (Lipinski definition) is 6. The number of hydrogen-bond donors (Lipinski definition) is 2. The van der Waals surface area contributed by atoms with E-state index in [1.807, 2.05) is 45.0 Å². The van der Waals surface area contributed by atoms with Gasteiger partial charge >= 0.3 is 5.97 Å². The highest BCUT2D eigenvalue weighted by molar-refractivity contribution is 6.20. The fourth-order valence-electron chi connectivity index (χ4n) is 3.21. The number of Topliss-reactive ketones (excluding diaryl/α,β-unsaturated/α-hetero) is 1. The van der Waals surface area contributed by atoms with Crippen molar-refractivity contribution >= 4 is 29.0 Å². The maximum absolute atomic E-state index is 12.7. The van der Waals surface area contributed by atoms with E-state index in [0.29, 0.717) is 11.4 Å². The Morgan fingerprint density at radius 3 is 2.42 bits per heavy atom. The normalized spacial score (nSPS) is 14.3. The molecular formula is C24H26N2O5. The molecule has 3 rings (SSSR count). The Balaban J connectivity index is 1.73. The van der Waals surface area contributed by atoms with E-state index in [9.17, 15) is 14.4 Å². The molecule has 1 amide bonds. The van der Waals surface area contributed by atoms with Crippen molar-refractivity contribution in [2.75, 3.05) is 17.2 Å². The zero-order valence-electron chi connectivity index (χ0n) is 18.0. The quantitative estimate of drug-likeness (QED) is 0.519. The molecule has 31 heavy (non-hydrogen) atoms. The molecule has 0 saturated carbocycles. The first-order valence-corrected chi connectivity index (χ1v) is 10.1. The molecule has 2 N–H and O–H groups in total. The third kappa shape index (κ3) is 5.12. The van der Waals surface area contributed by atoms with Crippen molar-refractivity contribution in [1.29, 1.82) is 0 Å². The first-order valence-electron chi connectivity index (χ1n) is 10.1. The summed E-state index contributed by atoms with van der Waals surface area (Å²) in [5.74, 6) is -1.66. The number of ether oxygens (including phenoxy) is 2. The van der Waals surface area contributed by atoms with Crippen molar-refractivity contribution in [2.24, 2.45) is 0 Å². The Kier molecular flexibility index (Phi) is 6.74. The SMILES string of the molecule is Cc1cccc(C(C)C)c1NC(=O)[C@@H](C)OC(=O)C1=C(Nc2ccccc2)OCC1=O. The maximum Gasteiger partial charge on any atom is 0.348 e. The summed E-state index contributed by atoms with van der Waals surface area (Å²) >= 11 is 0. The summed E-state index contributed by atoms with van der Waals surface area (Å²) in [6, 6.07) is 14.8. The van der Waals surface area contributed by atoms with Crippen LogP contribution in [0.25, 0.3) is 0 Å². The van der Waals surface area contributed by atoms with Gasteiger partial charge in [-0.3, -0.25) is 9.59 Å². The van der Waals surface area contributed by atoms with Gasteiger partial charge in [-0.15, -0.1) is 0 Å². The van der Waals surface area contributed by atoms with Gasteiger partial charge < -0.3 is 20.1 Å². The minimum atomic E-state index is -1.11. The van der Waals surface area contributed by atoms with Crippen LogP contribution in [-0.4, -0.2) is 30.4 Å². The lowest BCUT2D eigenvalue weighted by atomic mass is 9.98. The van der Waals surface area contributed by atoms with Crippen LogP contribution < -0.4 is 10.6 Å². The summed E-state index contributed by atoms with van der Waals surface area (Å²) in [5.41, 5.74) is 3.03. The van der Waals surface area contributed by atoms with Crippen LogP contribution in [0.5, 0.6) is 0 Å². The third-order valence-electron chi connectivity index (χ3n) is 4.92. The van der Waals surface area contributed by atoms with Crippen molar-refractivity contribution < 1.29 is 23.9 Å². The van der Waals surface area contributed by atoms with Crippen LogP contribution in [-0.2, 0) is 23.9 Å². The molecule has 0 unspecified atom stereocenters. The lowest BCUT2D eigenvalue weighted by Gasteiger charge is -2.19. The first-order chi connectivity index (χ1) is 14.8. The predicted molar refractivity (Wildman–Crippen MR) is 118 cm³/mol. The van der Waals surface area contributed by atoms with E-state index in [2.05, 4.69) is 10.6 Å². The van der Waals surface area contributed by atoms with Crippen molar-refractivity contribution in [3.63, 3.8) is 0 Å². The average molecular weight is 422 g/mol. The van der Waals surface area contributed by atoms with Gasteiger partial charge in [0.25, 0.3) is 5.91 Å². The van der Waals surface area contributed by atoms with Crippen LogP contribution in [0.4, 0.5) is 11.4 Å². The van der Waals surface area contributed by atoms with Crippen LogP contribution in [0.3, 0.4) is 0 Å². The third-order valence-corrected chi connectivity index (χ3v) is 4.92. The number of amides is 1. The molecule has 7 heteroatoms. The van der Waals surface area contributed by atoms with Crippen LogP contribution in [0.2, 0.25) is 0 Å². The first kappa shape index (κ1) is 22.1. The second-order valence-electron chi connectivity index (χ2n) is 7.64. The smallest absolute Gasteiger partial charge is 0.348 e. The summed E-state index contributed by atoms with van der Waals surface area (Å²) in [5, 5.41) is 5.76. The fourth-order valence-corrected chi connectivity index (χ4v) is 3.21. The Hall–Kier alpha value is -3.61. The second-order valence-corrected chi connectivity index (χ2v) is 7.64. The number of esters is 1. The number of para-hydroxylation sites is 2. The van der Waals surface area contributed by atoms with Gasteiger partial charge in [0.05, 0.1) is 0 Å². The molecule has 0 fully saturated rings. The second kappa shape index (κ2) is 9.47. The predicted octanol–water partition coefficient (Wildman–Crippen LogP) is 3.91. The number of nitrogens with one attached hydrogen (secondary N) is 2. The van der Waals surface area contributed by atoms with E-state index in [-0.39, 0.29) is 24.0 Å². The van der Waals surface area contributed by atoms with Gasteiger partial charge in [0.2, 0.25) is 11.7 Å². The van der Waals surface area contributed by atoms with E-state index in [1.54, 1.807) is 24.3 Å². The van der Waals surface area contributed by atoms with Crippen molar-refractivity contribution in [1.82, 2.24) is 0 Å². The monoisotopic (exact) mass is 422 g/mol. The number of ketones is 1. The highest BCUT2D eigenvalue weighted by Gasteiger charge is 2.34. The van der Waals surface area contributed by atoms with Crippen LogP contribution >= 0.6 is 0 Å². The summed E-state index contributed by atoms with van der Waals surface area (Å²) in [6.45, 7) is 7.17. The number of rotatable bonds is 7. The molecule has 0 bridgehead atoms. The standard InChI is InChI=1S/C24H26N2O5/c1-14(2)18-12-8-9-15(3)21(18)26-22(28)16(4)31-24(29)20-19(27)13-30-23(20)25-17-10-6-5-7-11-17/h5-12,14,16,25H,13H2,1-4H3,(H,26,28)/t16-/m1/s1. The Morgan fingerprint density at radius 1 is 1.03 bits per heavy atom. The zero-order chi connectivity index (χ0) is 22.5. The Bertz CT molecular complexity index is 1030. The number of anilines is 2. The molecule has 1 atom stereocenters. The maximum atomic E-state index is 12.7. The molecule has 0 aliphatic carbocycles. The van der Waals surface area contributed by atoms with E-state index in [1.165, 1.54) is 6.92 Å². The number of carbonyl (C=O) groups excluding carboxylic acids is 3. The van der Waals surface area contributed by atoms with Crippen LogP contribution in [0, 0.1) is 6.92 Å². The molecule has 1 aliphatic rings. The van der Waals surface area contributed by atoms with Gasteiger partial charge in [0.1, 0.15) is 0 Å². The molecule has 2 aromatic rings. The van der Waals surface area contributed by atoms with Gasteiger partial charge in [-0.2, -0.15) is 0 Å². The summed E-state index contributed by atoms with van der Waals surface area (Å²) < 4.78 is 10.6. The molecular weight excluding hydrogens is 396 g/mol. The van der Waals surface area contributed by atoms with E-state index in [0.717, 1.165) is 11.1 Å². The molecule has 0 aromatic heterocycles. The van der Waals surface area contributed by atoms with Gasteiger partial charge in [-0.25, -0.2) is 4.79 Å². The molecule has 7 nitrogen and oxygen atoms in total. The fraction of sp³-hybridized carbons (Fsp3) is 0.292. The Labute approximate surface area is 181 Å². The van der Waals surface area contributed by atoms with Crippen molar-refractivity contribution in [3.05, 3.63) is 71.1 Å². The molecule has 2 aromatic carbocycles. The molecule has 0 saturated heterocycles. The number of benzene rings is 2. The molecule has 0 radical (unpaired) electrons. The van der Waals surface area contributed by atoms with E-state index < -0.39 is 23.8 Å². The summed E-state index contributed by atoms with van der Waals surface area (Å²) in [7, 11) is 0. The van der Waals surface area contributed by atoms with Crippen molar-refractivity contribution in [2.45, 2.75) is 39.7 Å². The van der Waals surface area contributed by atoms with E-state index in [4.69, 9.17) is 9.47 Å². The van der Waals surface area contributed by atoms with Gasteiger partial charge in [-0.1, -0.05) is 50.2 Å². The van der Waals surface area contributed by atoms with Gasteiger partial charge in [0.15, 0.2) is 18.3 Å². The number of carbonyl (C=O) groups is 3.